The van der Waals surface area contributed by atoms with Crippen LogP contribution in [-0.4, -0.2) is 190 Å². The summed E-state index contributed by atoms with van der Waals surface area (Å²) in [5.41, 5.74) is 17.5. The summed E-state index contributed by atoms with van der Waals surface area (Å²) in [4.78, 5) is 143. The van der Waals surface area contributed by atoms with E-state index in [1.54, 1.807) is 101 Å². The highest BCUT2D eigenvalue weighted by molar-refractivity contribution is 8.77. The summed E-state index contributed by atoms with van der Waals surface area (Å²) in [6.07, 6.45) is 15.9. The fourth-order valence-corrected chi connectivity index (χ4v) is 11.0. The first-order valence-corrected chi connectivity index (χ1v) is 37.7. The minimum Gasteiger partial charge on any atom is -0.480 e. The second kappa shape index (κ2) is 69.6. The van der Waals surface area contributed by atoms with E-state index in [1.165, 1.54) is 48.0 Å². The Morgan fingerprint density at radius 1 is 0.525 bits per heavy atom. The van der Waals surface area contributed by atoms with Gasteiger partial charge in [-0.15, -0.1) is 0 Å². The molecule has 0 aliphatic carbocycles. The molecule has 0 spiro atoms. The molecular weight excluding hydrogens is 1400 g/mol. The molecule has 33 nitrogen and oxygen atoms in total. The van der Waals surface area contributed by atoms with Crippen LogP contribution in [0.15, 0.2) is 72.4 Å². The van der Waals surface area contributed by atoms with Gasteiger partial charge >= 0.3 is 5.97 Å². The molecule has 12 N–H and O–H groups in total. The lowest BCUT2D eigenvalue weighted by Crippen LogP contribution is -2.42. The molecule has 2 aromatic rings. The first kappa shape index (κ1) is 85.0. The van der Waals surface area contributed by atoms with Crippen molar-refractivity contribution < 1.29 is 69.5 Å². The molecule has 0 aliphatic rings. The van der Waals surface area contributed by atoms with Crippen LogP contribution in [-0.2, 0) is 47.9 Å². The maximum Gasteiger partial charge on any atom is 0.326 e. The molecule has 2 rings (SSSR count). The highest BCUT2D eigenvalue weighted by Gasteiger charge is 2.21. The first-order valence-electron chi connectivity index (χ1n) is 33.6. The summed E-state index contributed by atoms with van der Waals surface area (Å²) < 4.78 is 34.1. The number of aliphatic carboxylic acids is 1. The van der Waals surface area contributed by atoms with Gasteiger partial charge in [0.1, 0.15) is 19.0 Å². The van der Waals surface area contributed by atoms with Crippen LogP contribution in [0, 0.1) is 0 Å². The van der Waals surface area contributed by atoms with Gasteiger partial charge in [0.2, 0.25) is 41.4 Å². The summed E-state index contributed by atoms with van der Waals surface area (Å²) >= 11 is 0. The number of carbonyl (C=O) groups is 12. The molecule has 1 atom stereocenters. The molecular formula is C60H96N20O13S6. The summed E-state index contributed by atoms with van der Waals surface area (Å²) in [5, 5.41) is 45.1. The van der Waals surface area contributed by atoms with Crippen LogP contribution in [0.2, 0.25) is 0 Å². The predicted molar refractivity (Wildman–Crippen MR) is 405 cm³/mol. The van der Waals surface area contributed by atoms with Crippen molar-refractivity contribution in [2.45, 2.75) is 145 Å². The quantitative estimate of drug-likeness (QED) is 0.0113. The Balaban J connectivity index is -0.00000127. The minimum absolute atomic E-state index is 0.00340. The standard InChI is InChI=1S/C16H24N6O2S2.C16H25N5O6S2.C12H23N3O2S2.C11H14N4O2.C5H10N2O/c1-3-8-20-21-14-6-5-13(12-18-14)16(24)17-9-11-26-25-10-7-15(23)22-19-4-2;1-3-13(23)20-18-9-11(22)7-8-28-29-10-15(25)19-12(16(26)27)5-6-14(24)21-17-4-2;1-3-5-6-11(16)13-8-10-19-18-9-7-12(17)15-14-4-2;1-2-5-12-11(17)9-3-4-10(13-8-9)15-14-6-7-16;1-3-5(8)7-6-4-2/h4-6,8,12H,3,7,9-11H2,1-2H3,(H,17,24)(H,18,21)(H,22,23);4,9,12H,3,5-8,10H2,1-2H3,(H,19,25)(H,20,23)(H,21,24)(H,26,27);4H,3,5-10H2,1-2H3,(H,13,16)(H,15,17);3-4,6-8H,2,5H2,1H3,(H,12,17)(H,13,15);4H,3H2,1-2H3,(H,7,8)/b19-4+,20-8+;17-4+,18-9+;14-4+;14-6+;6-4+/i3*1T;7T;1T. The number of hydrazone groups is 7. The molecule has 9 amide bonds. The van der Waals surface area contributed by atoms with Crippen molar-refractivity contribution in [3.63, 3.8) is 0 Å². The Hall–Kier alpha value is -8.27. The maximum absolute atomic E-state index is 12.0. The van der Waals surface area contributed by atoms with Crippen LogP contribution in [0.5, 0.6) is 0 Å². The lowest BCUT2D eigenvalue weighted by molar-refractivity contribution is -0.142. The normalized spacial score (nSPS) is 11.6. The smallest absolute Gasteiger partial charge is 0.326 e. The summed E-state index contributed by atoms with van der Waals surface area (Å²) in [6.45, 7) is 11.3. The molecule has 39 heteroatoms. The molecule has 0 saturated carbocycles. The number of aromatic nitrogens is 2. The topological polar surface area (TPSA) is 470 Å². The number of hydrogen-bond donors (Lipinski definition) is 12. The molecule has 550 valence electrons. The van der Waals surface area contributed by atoms with Crippen molar-refractivity contribution in [2.24, 2.45) is 35.7 Å². The van der Waals surface area contributed by atoms with Crippen LogP contribution in [0.1, 0.15) is 167 Å². The molecule has 1 unspecified atom stereocenters. The van der Waals surface area contributed by atoms with E-state index in [1.807, 2.05) is 6.92 Å². The second-order valence-corrected chi connectivity index (χ2v) is 25.9. The van der Waals surface area contributed by atoms with E-state index in [-0.39, 0.29) is 99.8 Å². The number of amides is 9. The van der Waals surface area contributed by atoms with Gasteiger partial charge in [-0.2, -0.15) is 35.7 Å². The number of carbonyl (C=O) groups excluding carboxylic acids is 11. The number of ketones is 1. The fourth-order valence-electron chi connectivity index (χ4n) is 5.38. The van der Waals surface area contributed by atoms with Crippen molar-refractivity contribution in [1.82, 2.24) is 58.4 Å². The number of pyridine rings is 2. The number of Topliss-reactive ketones (excluding diaryl/α,β-unsaturated/α-hetero) is 1. The van der Waals surface area contributed by atoms with Crippen molar-refractivity contribution >= 4 is 191 Å². The van der Waals surface area contributed by atoms with Gasteiger partial charge in [-0.25, -0.2) is 41.9 Å². The molecule has 2 aromatic heterocycles. The fraction of sp³-hybridized carbons (Fsp3) is 0.517. The Kier molecular flexibility index (Phi) is 59.7. The van der Waals surface area contributed by atoms with E-state index in [0.717, 1.165) is 59.7 Å². The number of nitrogens with zero attached hydrogens (tertiary/aromatic N) is 9. The Morgan fingerprint density at radius 3 is 1.49 bits per heavy atom. The zero-order chi connectivity index (χ0) is 78.1. The third-order valence-corrected chi connectivity index (χ3v) is 17.1. The van der Waals surface area contributed by atoms with Gasteiger partial charge in [0, 0.05) is 142 Å². The lowest BCUT2D eigenvalue weighted by atomic mass is 10.1. The second-order valence-electron chi connectivity index (χ2n) is 18.0. The van der Waals surface area contributed by atoms with Crippen LogP contribution < -0.4 is 59.2 Å². The van der Waals surface area contributed by atoms with Gasteiger partial charge in [-0.05, 0) is 77.6 Å². The highest BCUT2D eigenvalue weighted by Crippen LogP contribution is 2.23. The summed E-state index contributed by atoms with van der Waals surface area (Å²) in [5.74, 6) is 0.609. The monoisotopic (exact) mass is 1510 g/mol. The molecule has 2 heterocycles. The predicted octanol–water partition coefficient (Wildman–Crippen LogP) is 6.35. The third kappa shape index (κ3) is 63.0. The number of hydrogen-bond acceptors (Lipinski definition) is 29. The van der Waals surface area contributed by atoms with Crippen LogP contribution in [0.4, 0.5) is 11.6 Å². The van der Waals surface area contributed by atoms with Crippen molar-refractivity contribution in [1.29, 1.82) is 0 Å². The SMILES string of the molecule is [3H]C(=O)/C=N/Nc1ccc(C(=O)NCCC)cn1.[3H]CC/C=N/Nc1ccc(C(=O)NCCSSCCC(=O)N/N=C/C)cn1.[3H]CCC(=O)N/N=C/C.[3H]CCC(=O)N/N=C/C(=O)CCSSCC(=O)NC(CCC(=O)N/N=C/C)C(=O)O.[3H]CCCCC(=O)NCCSSCCC(=O)N/N=C/C. The largest absolute Gasteiger partial charge is 0.480 e. The minimum atomic E-state index is -1.24. The van der Waals surface area contributed by atoms with E-state index in [9.17, 15) is 57.5 Å². The number of anilines is 2. The van der Waals surface area contributed by atoms with E-state index in [2.05, 4.69) is 105 Å². The average Bonchev–Trinajstić information content (AvgIpc) is 0.903. The third-order valence-electron chi connectivity index (χ3n) is 10.0. The number of carboxylic acids is 1. The van der Waals surface area contributed by atoms with Gasteiger partial charge in [0.15, 0.2) is 12.0 Å². The van der Waals surface area contributed by atoms with Crippen LogP contribution in [0.25, 0.3) is 0 Å². The van der Waals surface area contributed by atoms with E-state index >= 15 is 0 Å². The van der Waals surface area contributed by atoms with Gasteiger partial charge < -0.3 is 26.4 Å². The molecule has 0 radical (unpaired) electrons. The first-order chi connectivity index (χ1) is 50.1. The molecule has 0 bridgehead atoms. The number of rotatable bonds is 46. The molecule has 0 aliphatic heterocycles. The van der Waals surface area contributed by atoms with Gasteiger partial charge in [-0.3, -0.25) is 63.6 Å². The number of unbranched alkanes of at least 4 members (excludes halogenated alkanes) is 1. The zero-order valence-corrected chi connectivity index (χ0v) is 61.0. The zero-order valence-electron chi connectivity index (χ0n) is 61.1. The molecule has 0 saturated heterocycles. The van der Waals surface area contributed by atoms with Gasteiger partial charge in [0.05, 0.1) is 29.3 Å². The van der Waals surface area contributed by atoms with Gasteiger partial charge in [-0.1, -0.05) is 106 Å². The lowest BCUT2D eigenvalue weighted by Gasteiger charge is -2.13. The Labute approximate surface area is 609 Å². The number of aldehydes is 1. The Morgan fingerprint density at radius 2 is 1.01 bits per heavy atom. The van der Waals surface area contributed by atoms with E-state index in [4.69, 9.17) is 12.0 Å². The number of nitrogens with one attached hydrogen (secondary N) is 11. The molecule has 0 aromatic carbocycles. The Bertz CT molecular complexity index is 3010. The molecule has 0 fully saturated rings. The van der Waals surface area contributed by atoms with Crippen molar-refractivity contribution in [2.75, 3.05) is 65.0 Å². The number of carboxylic acid groups (broad SMARTS) is 1. The van der Waals surface area contributed by atoms with Crippen LogP contribution >= 0.6 is 64.8 Å². The maximum atomic E-state index is 12.0. The van der Waals surface area contributed by atoms with Crippen LogP contribution in [0.3, 0.4) is 0 Å². The van der Waals surface area contributed by atoms with Crippen molar-refractivity contribution in [3.8, 4) is 0 Å². The summed E-state index contributed by atoms with van der Waals surface area (Å²) in [7, 11) is 8.85. The van der Waals surface area contributed by atoms with E-state index < -0.39 is 36.0 Å². The van der Waals surface area contributed by atoms with E-state index in [0.29, 0.717) is 86.5 Å². The van der Waals surface area contributed by atoms with Crippen molar-refractivity contribution in [3.05, 3.63) is 47.8 Å². The highest BCUT2D eigenvalue weighted by atomic mass is 33.1. The summed E-state index contributed by atoms with van der Waals surface area (Å²) in [6, 6.07) is 5.31. The van der Waals surface area contributed by atoms with Gasteiger partial charge in [0.25, 0.3) is 11.8 Å². The molecule has 99 heavy (non-hydrogen) atoms. The average molecular weight is 1510 g/mol.